The van der Waals surface area contributed by atoms with Crippen LogP contribution in [0.25, 0.3) is 0 Å². The molecule has 20 heavy (non-hydrogen) atoms. The molecule has 0 N–H and O–H groups in total. The Morgan fingerprint density at radius 1 is 1.05 bits per heavy atom. The molecular weight excluding hydrogens is 326 g/mol. The lowest BCUT2D eigenvalue weighted by atomic mass is 10.1. The fourth-order valence-corrected chi connectivity index (χ4v) is 5.78. The molecule has 3 heteroatoms. The lowest BCUT2D eigenvalue weighted by Gasteiger charge is -2.39. The van der Waals surface area contributed by atoms with Gasteiger partial charge in [-0.1, -0.05) is 52.3 Å². The lowest BCUT2D eigenvalue weighted by molar-refractivity contribution is 1.15. The molecule has 0 bridgehead atoms. The van der Waals surface area contributed by atoms with E-state index in [-0.39, 0.29) is 0 Å². The summed E-state index contributed by atoms with van der Waals surface area (Å²) in [6, 6.07) is 17.5. The van der Waals surface area contributed by atoms with Crippen molar-refractivity contribution in [2.45, 2.75) is 19.5 Å². The van der Waals surface area contributed by atoms with E-state index in [4.69, 9.17) is 0 Å². The van der Waals surface area contributed by atoms with Gasteiger partial charge in [0.25, 0.3) is 0 Å². The summed E-state index contributed by atoms with van der Waals surface area (Å²) in [5.41, 5.74) is 2.76. The van der Waals surface area contributed by atoms with E-state index >= 15 is 0 Å². The molecule has 0 aromatic heterocycles. The average molecular weight is 344 g/mol. The zero-order valence-corrected chi connectivity index (χ0v) is 14.4. The molecule has 2 aromatic rings. The zero-order valence-electron chi connectivity index (χ0n) is 11.8. The zero-order chi connectivity index (χ0) is 14.2. The molecule has 0 atom stereocenters. The summed E-state index contributed by atoms with van der Waals surface area (Å²) >= 11 is 3.57. The molecule has 0 amide bonds. The monoisotopic (exact) mass is 343 g/mol. The first-order valence-electron chi connectivity index (χ1n) is 6.89. The molecule has 0 spiro atoms. The Morgan fingerprint density at radius 2 is 1.80 bits per heavy atom. The topological polar surface area (TPSA) is 3.24 Å². The Morgan fingerprint density at radius 3 is 2.55 bits per heavy atom. The van der Waals surface area contributed by atoms with Gasteiger partial charge in [0.05, 0.1) is 0 Å². The Bertz CT molecular complexity index is 649. The van der Waals surface area contributed by atoms with Crippen molar-refractivity contribution in [2.24, 2.45) is 0 Å². The van der Waals surface area contributed by atoms with E-state index in [2.05, 4.69) is 94.4 Å². The van der Waals surface area contributed by atoms with Crippen LogP contribution < -0.4 is 9.75 Å². The summed E-state index contributed by atoms with van der Waals surface area (Å²) in [6.45, 7) is 4.81. The minimum absolute atomic E-state index is 1.02. The van der Waals surface area contributed by atoms with Gasteiger partial charge in [0, 0.05) is 10.2 Å². The van der Waals surface area contributed by atoms with E-state index in [1.807, 2.05) is 0 Å². The quantitative estimate of drug-likeness (QED) is 0.728. The molecule has 1 nitrogen and oxygen atoms in total. The number of halogens is 1. The highest BCUT2D eigenvalue weighted by Gasteiger charge is 2.32. The number of hydrogen-bond acceptors (Lipinski definition) is 1. The number of benzene rings is 2. The van der Waals surface area contributed by atoms with Gasteiger partial charge in [-0.05, 0) is 54.7 Å². The molecule has 2 aromatic carbocycles. The van der Waals surface area contributed by atoms with E-state index in [1.54, 1.807) is 0 Å². The van der Waals surface area contributed by atoms with E-state index in [9.17, 15) is 0 Å². The number of anilines is 1. The van der Waals surface area contributed by atoms with Crippen molar-refractivity contribution in [3.8, 4) is 0 Å². The summed E-state index contributed by atoms with van der Waals surface area (Å²) in [5.74, 6) is 0. The lowest BCUT2D eigenvalue weighted by Crippen LogP contribution is -2.56. The van der Waals surface area contributed by atoms with Gasteiger partial charge in [0.2, 0.25) is 0 Å². The second kappa shape index (κ2) is 5.22. The molecular formula is C17H18BrNSi. The van der Waals surface area contributed by atoms with Gasteiger partial charge < -0.3 is 4.57 Å². The molecule has 0 unspecified atom stereocenters. The Hall–Kier alpha value is -1.32. The molecule has 1 aliphatic heterocycles. The average Bonchev–Trinajstić information content (AvgIpc) is 2.47. The van der Waals surface area contributed by atoms with Crippen molar-refractivity contribution in [3.63, 3.8) is 0 Å². The van der Waals surface area contributed by atoms with Crippen LogP contribution in [0, 0.1) is 0 Å². The smallest absolute Gasteiger partial charge is 0.186 e. The number of rotatable bonds is 2. The second-order valence-electron chi connectivity index (χ2n) is 5.66. The van der Waals surface area contributed by atoms with Crippen LogP contribution in [-0.2, 0) is 6.42 Å². The molecule has 1 heterocycles. The standard InChI is InChI=1S/C17H18BrNSi/c1-20(2,16-8-4-3-5-9-16)19-12-6-7-14-13-15(18)10-11-17(14)19/h3-6,8-13H,7H2,1-2H3. The van der Waals surface area contributed by atoms with Crippen molar-refractivity contribution < 1.29 is 0 Å². The molecule has 0 aliphatic carbocycles. The predicted octanol–water partition coefficient (Wildman–Crippen LogP) is 4.44. The number of allylic oxidation sites excluding steroid dienone is 1. The molecule has 0 radical (unpaired) electrons. The normalized spacial score (nSPS) is 14.2. The third kappa shape index (κ3) is 2.36. The Kier molecular flexibility index (Phi) is 3.57. The van der Waals surface area contributed by atoms with Crippen LogP contribution in [0.3, 0.4) is 0 Å². The summed E-state index contributed by atoms with van der Waals surface area (Å²) in [4.78, 5) is 0. The highest BCUT2D eigenvalue weighted by atomic mass is 79.9. The van der Waals surface area contributed by atoms with Crippen LogP contribution in [0.4, 0.5) is 5.69 Å². The van der Waals surface area contributed by atoms with E-state index in [1.165, 1.54) is 16.4 Å². The molecule has 0 fully saturated rings. The summed E-state index contributed by atoms with van der Waals surface area (Å²) in [6.07, 6.45) is 5.56. The fraction of sp³-hybridized carbons (Fsp3) is 0.176. The minimum atomic E-state index is -1.72. The molecule has 3 rings (SSSR count). The largest absolute Gasteiger partial charge is 0.371 e. The Labute approximate surface area is 130 Å². The van der Waals surface area contributed by atoms with Gasteiger partial charge in [-0.15, -0.1) is 0 Å². The number of hydrogen-bond donors (Lipinski definition) is 0. The van der Waals surface area contributed by atoms with Gasteiger partial charge in [-0.2, -0.15) is 0 Å². The highest BCUT2D eigenvalue weighted by Crippen LogP contribution is 2.32. The van der Waals surface area contributed by atoms with Crippen LogP contribution in [0.1, 0.15) is 5.56 Å². The van der Waals surface area contributed by atoms with E-state index in [0.717, 1.165) is 10.9 Å². The first-order valence-corrected chi connectivity index (χ1v) is 10.6. The Balaban J connectivity index is 2.07. The first-order chi connectivity index (χ1) is 9.59. The summed E-state index contributed by atoms with van der Waals surface area (Å²) in [5, 5.41) is 1.46. The third-order valence-electron chi connectivity index (χ3n) is 3.98. The maximum Gasteiger partial charge on any atom is 0.186 e. The maximum atomic E-state index is 3.57. The van der Waals surface area contributed by atoms with Gasteiger partial charge in [0.15, 0.2) is 8.24 Å². The summed E-state index contributed by atoms with van der Waals surface area (Å²) < 4.78 is 3.67. The minimum Gasteiger partial charge on any atom is -0.371 e. The number of nitrogens with zero attached hydrogens (tertiary/aromatic N) is 1. The van der Waals surface area contributed by atoms with Gasteiger partial charge in [-0.3, -0.25) is 0 Å². The van der Waals surface area contributed by atoms with Gasteiger partial charge >= 0.3 is 0 Å². The van der Waals surface area contributed by atoms with Crippen molar-refractivity contribution in [1.29, 1.82) is 0 Å². The molecule has 102 valence electrons. The van der Waals surface area contributed by atoms with Gasteiger partial charge in [-0.25, -0.2) is 0 Å². The van der Waals surface area contributed by atoms with Crippen molar-refractivity contribution >= 4 is 35.0 Å². The fourth-order valence-electron chi connectivity index (χ4n) is 2.79. The first kappa shape index (κ1) is 13.7. The van der Waals surface area contributed by atoms with Gasteiger partial charge in [0.1, 0.15) is 0 Å². The number of fused-ring (bicyclic) bond motifs is 1. The summed E-state index contributed by atoms with van der Waals surface area (Å²) in [7, 11) is -1.72. The second-order valence-corrected chi connectivity index (χ2v) is 10.7. The third-order valence-corrected chi connectivity index (χ3v) is 7.81. The van der Waals surface area contributed by atoms with E-state index in [0.29, 0.717) is 0 Å². The van der Waals surface area contributed by atoms with Crippen LogP contribution >= 0.6 is 15.9 Å². The van der Waals surface area contributed by atoms with Crippen molar-refractivity contribution in [2.75, 3.05) is 4.57 Å². The van der Waals surface area contributed by atoms with Crippen LogP contribution in [-0.4, -0.2) is 8.24 Å². The van der Waals surface area contributed by atoms with Crippen LogP contribution in [0.5, 0.6) is 0 Å². The van der Waals surface area contributed by atoms with Crippen molar-refractivity contribution in [3.05, 3.63) is 70.8 Å². The molecule has 1 aliphatic rings. The highest BCUT2D eigenvalue weighted by molar-refractivity contribution is 9.10. The molecule has 0 saturated heterocycles. The van der Waals surface area contributed by atoms with E-state index < -0.39 is 8.24 Å². The predicted molar refractivity (Wildman–Crippen MR) is 93.0 cm³/mol. The van der Waals surface area contributed by atoms with Crippen LogP contribution in [0.2, 0.25) is 13.1 Å². The van der Waals surface area contributed by atoms with Crippen LogP contribution in [0.15, 0.2) is 65.3 Å². The SMILES string of the molecule is C[Si](C)(c1ccccc1)N1C=CCc2cc(Br)ccc21. The molecule has 0 saturated carbocycles. The van der Waals surface area contributed by atoms with Crippen molar-refractivity contribution in [1.82, 2.24) is 0 Å². The maximum absolute atomic E-state index is 3.57.